The van der Waals surface area contributed by atoms with Gasteiger partial charge in [-0.1, -0.05) is 85.1 Å². The highest BCUT2D eigenvalue weighted by atomic mass is 35.5. The van der Waals surface area contributed by atoms with Gasteiger partial charge in [0.15, 0.2) is 0 Å². The third-order valence-corrected chi connectivity index (χ3v) is 8.74. The van der Waals surface area contributed by atoms with Gasteiger partial charge >= 0.3 is 0 Å². The lowest BCUT2D eigenvalue weighted by atomic mass is 9.93. The Morgan fingerprint density at radius 2 is 1.69 bits per heavy atom. The first kappa shape index (κ1) is 27.4. The van der Waals surface area contributed by atoms with Crippen molar-refractivity contribution in [3.8, 4) is 11.1 Å². The van der Waals surface area contributed by atoms with Crippen LogP contribution in [0.4, 0.5) is 0 Å². The second-order valence-corrected chi connectivity index (χ2v) is 11.6. The molecule has 39 heavy (non-hydrogen) atoms. The minimum atomic E-state index is -0.314. The van der Waals surface area contributed by atoms with E-state index in [1.54, 1.807) is 22.3 Å². The Morgan fingerprint density at radius 3 is 2.41 bits per heavy atom. The van der Waals surface area contributed by atoms with E-state index >= 15 is 0 Å². The summed E-state index contributed by atoms with van der Waals surface area (Å²) in [5, 5.41) is 3.14. The number of benzene rings is 3. The lowest BCUT2D eigenvalue weighted by molar-refractivity contribution is -0.134. The molecule has 1 atom stereocenters. The highest BCUT2D eigenvalue weighted by Gasteiger charge is 2.35. The van der Waals surface area contributed by atoms with Gasteiger partial charge in [0.1, 0.15) is 6.54 Å². The molecule has 0 bridgehead atoms. The molecule has 0 spiro atoms. The molecule has 0 saturated heterocycles. The zero-order valence-electron chi connectivity index (χ0n) is 21.8. The minimum absolute atomic E-state index is 0.0143. The number of thiophene rings is 1. The first-order chi connectivity index (χ1) is 19.0. The summed E-state index contributed by atoms with van der Waals surface area (Å²) >= 11 is 14.5. The largest absolute Gasteiger partial charge is 0.330 e. The molecule has 7 heteroatoms. The highest BCUT2D eigenvalue weighted by molar-refractivity contribution is 7.10. The average molecular weight is 578 g/mol. The molecular weight excluding hydrogens is 547 g/mol. The molecule has 4 aromatic rings. The Hall–Kier alpha value is -3.12. The molecule has 4 nitrogen and oxygen atoms in total. The first-order valence-electron chi connectivity index (χ1n) is 13.2. The summed E-state index contributed by atoms with van der Waals surface area (Å²) in [7, 11) is 0. The fourth-order valence-electron chi connectivity index (χ4n) is 5.12. The van der Waals surface area contributed by atoms with Crippen molar-refractivity contribution in [1.82, 2.24) is 9.80 Å². The first-order valence-corrected chi connectivity index (χ1v) is 14.8. The maximum Gasteiger partial charge on any atom is 0.254 e. The second-order valence-electron chi connectivity index (χ2n) is 9.73. The van der Waals surface area contributed by atoms with Gasteiger partial charge in [0.2, 0.25) is 5.91 Å². The number of unbranched alkanes of at least 4 members (excludes halogenated alkanes) is 1. The van der Waals surface area contributed by atoms with Gasteiger partial charge < -0.3 is 9.80 Å². The normalized spacial score (nSPS) is 14.6. The SMILES string of the molecule is CCCCN(CC(=O)N1CCc2sccc2[C@@H]1c1ccc(Cl)cc1Cl)C(=O)c1ccc(-c2ccccc2)cc1. The molecule has 0 aliphatic carbocycles. The van der Waals surface area contributed by atoms with Crippen molar-refractivity contribution >= 4 is 46.4 Å². The predicted molar refractivity (Wildman–Crippen MR) is 161 cm³/mol. The molecule has 1 aliphatic heterocycles. The minimum Gasteiger partial charge on any atom is -0.330 e. The van der Waals surface area contributed by atoms with E-state index in [1.807, 2.05) is 71.6 Å². The smallest absolute Gasteiger partial charge is 0.254 e. The number of carbonyl (C=O) groups is 2. The van der Waals surface area contributed by atoms with Crippen molar-refractivity contribution in [1.29, 1.82) is 0 Å². The maximum atomic E-state index is 13.9. The number of hydrogen-bond donors (Lipinski definition) is 0. The molecule has 200 valence electrons. The Balaban J connectivity index is 1.40. The third-order valence-electron chi connectivity index (χ3n) is 7.18. The number of amides is 2. The van der Waals surface area contributed by atoms with Crippen LogP contribution in [-0.2, 0) is 11.2 Å². The van der Waals surface area contributed by atoms with E-state index in [0.29, 0.717) is 28.7 Å². The molecule has 2 heterocycles. The van der Waals surface area contributed by atoms with Crippen LogP contribution in [0.15, 0.2) is 84.2 Å². The quantitative estimate of drug-likeness (QED) is 0.212. The van der Waals surface area contributed by atoms with Gasteiger partial charge in [-0.15, -0.1) is 11.3 Å². The number of carbonyl (C=O) groups excluding carboxylic acids is 2. The predicted octanol–water partition coefficient (Wildman–Crippen LogP) is 8.14. The summed E-state index contributed by atoms with van der Waals surface area (Å²) in [6.45, 7) is 3.18. The van der Waals surface area contributed by atoms with E-state index in [0.717, 1.165) is 41.5 Å². The van der Waals surface area contributed by atoms with E-state index in [9.17, 15) is 9.59 Å². The van der Waals surface area contributed by atoms with Crippen LogP contribution in [0.2, 0.25) is 10.0 Å². The van der Waals surface area contributed by atoms with Gasteiger partial charge in [0.25, 0.3) is 5.91 Å². The Labute approximate surface area is 243 Å². The van der Waals surface area contributed by atoms with Crippen LogP contribution in [0.1, 0.15) is 52.2 Å². The van der Waals surface area contributed by atoms with Crippen LogP contribution >= 0.6 is 34.5 Å². The van der Waals surface area contributed by atoms with Crippen LogP contribution in [0.3, 0.4) is 0 Å². The fourth-order valence-corrected chi connectivity index (χ4v) is 6.53. The van der Waals surface area contributed by atoms with E-state index in [2.05, 4.69) is 18.4 Å². The van der Waals surface area contributed by atoms with Crippen molar-refractivity contribution in [2.75, 3.05) is 19.6 Å². The number of fused-ring (bicyclic) bond motifs is 1. The van der Waals surface area contributed by atoms with Crippen LogP contribution in [0.25, 0.3) is 11.1 Å². The molecule has 0 N–H and O–H groups in total. The average Bonchev–Trinajstić information content (AvgIpc) is 3.44. The standard InChI is InChI=1S/C32H30Cl2N2O2S/c1-2-3-17-35(32(38)24-11-9-23(10-12-24)22-7-5-4-6-8-22)21-30(37)36-18-15-29-27(16-19-39-29)31(36)26-14-13-25(33)20-28(26)34/h4-14,16,19-20,31H,2-3,15,17-18,21H2,1H3/t31-/m0/s1. The number of nitrogens with zero attached hydrogens (tertiary/aromatic N) is 2. The third kappa shape index (κ3) is 6.06. The van der Waals surface area contributed by atoms with Crippen molar-refractivity contribution in [2.24, 2.45) is 0 Å². The fraction of sp³-hybridized carbons (Fsp3) is 0.250. The topological polar surface area (TPSA) is 40.6 Å². The Bertz CT molecular complexity index is 1450. The lowest BCUT2D eigenvalue weighted by Gasteiger charge is -2.38. The van der Waals surface area contributed by atoms with Gasteiger partial charge in [-0.05, 0) is 70.8 Å². The number of halogens is 2. The highest BCUT2D eigenvalue weighted by Crippen LogP contribution is 2.41. The van der Waals surface area contributed by atoms with Gasteiger partial charge in [0, 0.05) is 33.6 Å². The molecule has 5 rings (SSSR count). The molecule has 3 aromatic carbocycles. The summed E-state index contributed by atoms with van der Waals surface area (Å²) in [6, 6.07) is 24.9. The van der Waals surface area contributed by atoms with Crippen molar-refractivity contribution in [3.05, 3.63) is 116 Å². The van der Waals surface area contributed by atoms with E-state index in [1.165, 1.54) is 4.88 Å². The van der Waals surface area contributed by atoms with Gasteiger partial charge in [-0.2, -0.15) is 0 Å². The van der Waals surface area contributed by atoms with Crippen LogP contribution in [-0.4, -0.2) is 41.2 Å². The summed E-state index contributed by atoms with van der Waals surface area (Å²) < 4.78 is 0. The Morgan fingerprint density at radius 1 is 0.949 bits per heavy atom. The summed E-state index contributed by atoms with van der Waals surface area (Å²) in [6.07, 6.45) is 2.53. The molecule has 2 amide bonds. The van der Waals surface area contributed by atoms with Crippen molar-refractivity contribution in [3.63, 3.8) is 0 Å². The molecule has 0 unspecified atom stereocenters. The summed E-state index contributed by atoms with van der Waals surface area (Å²) in [4.78, 5) is 32.4. The van der Waals surface area contributed by atoms with E-state index in [-0.39, 0.29) is 24.4 Å². The monoisotopic (exact) mass is 576 g/mol. The molecular formula is C32H30Cl2N2O2S. The number of hydrogen-bond acceptors (Lipinski definition) is 3. The maximum absolute atomic E-state index is 13.9. The van der Waals surface area contributed by atoms with Gasteiger partial charge in [0.05, 0.1) is 6.04 Å². The van der Waals surface area contributed by atoms with Crippen LogP contribution in [0.5, 0.6) is 0 Å². The van der Waals surface area contributed by atoms with Gasteiger partial charge in [-0.25, -0.2) is 0 Å². The zero-order chi connectivity index (χ0) is 27.4. The Kier molecular flexibility index (Phi) is 8.71. The summed E-state index contributed by atoms with van der Waals surface area (Å²) in [5.74, 6) is -0.223. The summed E-state index contributed by atoms with van der Waals surface area (Å²) in [5.41, 5.74) is 4.66. The molecule has 0 fully saturated rings. The second kappa shape index (κ2) is 12.4. The van der Waals surface area contributed by atoms with Gasteiger partial charge in [-0.3, -0.25) is 9.59 Å². The van der Waals surface area contributed by atoms with Crippen LogP contribution < -0.4 is 0 Å². The zero-order valence-corrected chi connectivity index (χ0v) is 24.1. The van der Waals surface area contributed by atoms with E-state index in [4.69, 9.17) is 23.2 Å². The van der Waals surface area contributed by atoms with Crippen molar-refractivity contribution in [2.45, 2.75) is 32.2 Å². The van der Waals surface area contributed by atoms with E-state index < -0.39 is 0 Å². The lowest BCUT2D eigenvalue weighted by Crippen LogP contribution is -2.47. The number of rotatable bonds is 8. The molecule has 0 saturated carbocycles. The molecule has 1 aliphatic rings. The van der Waals surface area contributed by atoms with Crippen LogP contribution in [0, 0.1) is 0 Å². The molecule has 0 radical (unpaired) electrons. The molecule has 1 aromatic heterocycles. The van der Waals surface area contributed by atoms with Crippen molar-refractivity contribution < 1.29 is 9.59 Å².